The number of hydrogen-bond donors (Lipinski definition) is 2. The molecule has 1 atom stereocenters. The van der Waals surface area contributed by atoms with E-state index in [9.17, 15) is 5.11 Å². The van der Waals surface area contributed by atoms with Crippen LogP contribution >= 0.6 is 12.4 Å². The fourth-order valence-corrected chi connectivity index (χ4v) is 3.65. The largest absolute Gasteiger partial charge is 0.396 e. The van der Waals surface area contributed by atoms with Crippen molar-refractivity contribution in [2.24, 2.45) is 0 Å². The molecule has 1 saturated heterocycles. The first kappa shape index (κ1) is 19.4. The van der Waals surface area contributed by atoms with E-state index in [0.29, 0.717) is 6.04 Å². The zero-order valence-corrected chi connectivity index (χ0v) is 15.4. The van der Waals surface area contributed by atoms with E-state index in [-0.39, 0.29) is 19.0 Å². The van der Waals surface area contributed by atoms with Gasteiger partial charge in [0.1, 0.15) is 0 Å². The highest BCUT2D eigenvalue weighted by Crippen LogP contribution is 2.35. The molecule has 0 amide bonds. The maximum absolute atomic E-state index is 9.56. The van der Waals surface area contributed by atoms with Crippen molar-refractivity contribution in [2.75, 3.05) is 32.8 Å². The Hall–Kier alpha value is -0.610. The van der Waals surface area contributed by atoms with Gasteiger partial charge in [-0.25, -0.2) is 0 Å². The number of benzene rings is 1. The lowest BCUT2D eigenvalue weighted by molar-refractivity contribution is 0.140. The summed E-state index contributed by atoms with van der Waals surface area (Å²) in [5.41, 5.74) is 8.50. The zero-order valence-electron chi connectivity index (χ0n) is 14.6. The second-order valence-corrected chi connectivity index (χ2v) is 6.35. The van der Waals surface area contributed by atoms with Crippen LogP contribution in [0, 0.1) is 34.6 Å². The summed E-state index contributed by atoms with van der Waals surface area (Å²) >= 11 is 0. The Morgan fingerprint density at radius 2 is 1.36 bits per heavy atom. The highest BCUT2D eigenvalue weighted by Gasteiger charge is 2.26. The molecule has 3 nitrogen and oxygen atoms in total. The van der Waals surface area contributed by atoms with Crippen molar-refractivity contribution in [3.05, 3.63) is 33.4 Å². The van der Waals surface area contributed by atoms with Crippen LogP contribution < -0.4 is 5.32 Å². The van der Waals surface area contributed by atoms with Gasteiger partial charge in [-0.15, -0.1) is 12.4 Å². The van der Waals surface area contributed by atoms with E-state index >= 15 is 0 Å². The minimum atomic E-state index is 0. The Morgan fingerprint density at radius 1 is 0.909 bits per heavy atom. The molecule has 0 bridgehead atoms. The number of halogens is 1. The van der Waals surface area contributed by atoms with Gasteiger partial charge in [-0.2, -0.15) is 0 Å². The van der Waals surface area contributed by atoms with Gasteiger partial charge >= 0.3 is 0 Å². The third kappa shape index (κ3) is 3.65. The zero-order chi connectivity index (χ0) is 15.6. The quantitative estimate of drug-likeness (QED) is 0.893. The van der Waals surface area contributed by atoms with Crippen molar-refractivity contribution in [2.45, 2.75) is 47.1 Å². The second kappa shape index (κ2) is 8.30. The van der Waals surface area contributed by atoms with Gasteiger partial charge < -0.3 is 10.4 Å². The smallest absolute Gasteiger partial charge is 0.0449 e. The van der Waals surface area contributed by atoms with Gasteiger partial charge in [0.05, 0.1) is 0 Å². The van der Waals surface area contributed by atoms with Gasteiger partial charge in [-0.3, -0.25) is 4.90 Å². The summed E-state index contributed by atoms with van der Waals surface area (Å²) in [7, 11) is 0. The van der Waals surface area contributed by atoms with Gasteiger partial charge in [0.15, 0.2) is 0 Å². The van der Waals surface area contributed by atoms with Crippen molar-refractivity contribution in [1.82, 2.24) is 10.2 Å². The number of aliphatic hydroxyl groups excluding tert-OH is 1. The molecule has 4 heteroatoms. The lowest BCUT2D eigenvalue weighted by atomic mass is 9.84. The van der Waals surface area contributed by atoms with E-state index < -0.39 is 0 Å². The first-order valence-electron chi connectivity index (χ1n) is 8.11. The fraction of sp³-hybridized carbons (Fsp3) is 0.667. The van der Waals surface area contributed by atoms with Crippen LogP contribution in [0.5, 0.6) is 0 Å². The molecule has 0 spiro atoms. The topological polar surface area (TPSA) is 35.5 Å². The molecule has 1 aliphatic rings. The average molecular weight is 327 g/mol. The summed E-state index contributed by atoms with van der Waals surface area (Å²) < 4.78 is 0. The number of piperazine rings is 1. The Kier molecular flexibility index (Phi) is 7.33. The Morgan fingerprint density at radius 3 is 1.82 bits per heavy atom. The Bertz CT molecular complexity index is 481. The molecular weight excluding hydrogens is 296 g/mol. The van der Waals surface area contributed by atoms with E-state index in [0.717, 1.165) is 32.6 Å². The molecule has 0 saturated carbocycles. The first-order chi connectivity index (χ1) is 9.99. The SMILES string of the molecule is Cc1c(C)c(C)c([C@H](CCO)N2CCNCC2)c(C)c1C.Cl. The third-order valence-electron chi connectivity index (χ3n) is 5.39. The summed E-state index contributed by atoms with van der Waals surface area (Å²) in [6.45, 7) is 15.6. The van der Waals surface area contributed by atoms with Crippen LogP contribution in [0.25, 0.3) is 0 Å². The Labute approximate surface area is 141 Å². The van der Waals surface area contributed by atoms with Crippen LogP contribution in [0.15, 0.2) is 0 Å². The van der Waals surface area contributed by atoms with Crippen LogP contribution in [0.1, 0.15) is 45.8 Å². The van der Waals surface area contributed by atoms with Crippen molar-refractivity contribution in [3.8, 4) is 0 Å². The number of nitrogens with zero attached hydrogens (tertiary/aromatic N) is 1. The maximum Gasteiger partial charge on any atom is 0.0449 e. The van der Waals surface area contributed by atoms with Crippen LogP contribution in [0.2, 0.25) is 0 Å². The Balaban J connectivity index is 0.00000242. The fourth-order valence-electron chi connectivity index (χ4n) is 3.65. The maximum atomic E-state index is 9.56. The monoisotopic (exact) mass is 326 g/mol. The van der Waals surface area contributed by atoms with Gasteiger partial charge in [0.25, 0.3) is 0 Å². The molecule has 1 aromatic rings. The molecule has 1 aromatic carbocycles. The van der Waals surface area contributed by atoms with E-state index in [1.807, 2.05) is 0 Å². The summed E-state index contributed by atoms with van der Waals surface area (Å²) in [5, 5.41) is 13.0. The van der Waals surface area contributed by atoms with Crippen LogP contribution in [0.3, 0.4) is 0 Å². The normalized spacial score (nSPS) is 17.2. The van der Waals surface area contributed by atoms with Crippen molar-refractivity contribution >= 4 is 12.4 Å². The molecule has 1 aliphatic heterocycles. The number of nitrogens with one attached hydrogen (secondary N) is 1. The van der Waals surface area contributed by atoms with Crippen LogP contribution in [0.4, 0.5) is 0 Å². The van der Waals surface area contributed by atoms with E-state index in [2.05, 4.69) is 44.8 Å². The lowest BCUT2D eigenvalue weighted by Crippen LogP contribution is -2.45. The minimum Gasteiger partial charge on any atom is -0.396 e. The molecule has 0 aliphatic carbocycles. The average Bonchev–Trinajstić information content (AvgIpc) is 2.51. The van der Waals surface area contributed by atoms with E-state index in [4.69, 9.17) is 0 Å². The first-order valence-corrected chi connectivity index (χ1v) is 8.11. The third-order valence-corrected chi connectivity index (χ3v) is 5.39. The van der Waals surface area contributed by atoms with Gasteiger partial charge in [0.2, 0.25) is 0 Å². The van der Waals surface area contributed by atoms with E-state index in [1.54, 1.807) is 0 Å². The van der Waals surface area contributed by atoms with Crippen LogP contribution in [-0.2, 0) is 0 Å². The van der Waals surface area contributed by atoms with Crippen molar-refractivity contribution in [1.29, 1.82) is 0 Å². The highest BCUT2D eigenvalue weighted by molar-refractivity contribution is 5.85. The minimum absolute atomic E-state index is 0. The molecule has 2 rings (SSSR count). The molecule has 126 valence electrons. The van der Waals surface area contributed by atoms with Gasteiger partial charge in [-0.1, -0.05) is 0 Å². The molecule has 1 fully saturated rings. The molecule has 0 unspecified atom stereocenters. The number of hydrogen-bond acceptors (Lipinski definition) is 3. The van der Waals surface area contributed by atoms with Gasteiger partial charge in [-0.05, 0) is 74.4 Å². The summed E-state index contributed by atoms with van der Waals surface area (Å²) in [6.07, 6.45) is 0.823. The second-order valence-electron chi connectivity index (χ2n) is 6.35. The summed E-state index contributed by atoms with van der Waals surface area (Å²) in [5.74, 6) is 0. The molecular formula is C18H31ClN2O. The molecule has 22 heavy (non-hydrogen) atoms. The van der Waals surface area contributed by atoms with Crippen molar-refractivity contribution in [3.63, 3.8) is 0 Å². The predicted octanol–water partition coefficient (Wildman–Crippen LogP) is 2.98. The number of rotatable bonds is 4. The standard InChI is InChI=1S/C18H30N2O.ClH/c1-12-13(2)15(4)18(16(5)14(12)3)17(6-11-21)20-9-7-19-8-10-20;/h17,19,21H,6-11H2,1-5H3;1H/t17-;/m0./s1. The number of aliphatic hydroxyl groups is 1. The van der Waals surface area contributed by atoms with Crippen molar-refractivity contribution < 1.29 is 5.11 Å². The summed E-state index contributed by atoms with van der Waals surface area (Å²) in [6, 6.07) is 0.343. The van der Waals surface area contributed by atoms with Gasteiger partial charge in [0, 0.05) is 38.8 Å². The molecule has 0 aromatic heterocycles. The lowest BCUT2D eigenvalue weighted by Gasteiger charge is -2.37. The molecule has 1 heterocycles. The molecule has 2 N–H and O–H groups in total. The van der Waals surface area contributed by atoms with E-state index in [1.165, 1.54) is 33.4 Å². The predicted molar refractivity (Wildman–Crippen MR) is 96.3 cm³/mol. The summed E-state index contributed by atoms with van der Waals surface area (Å²) in [4.78, 5) is 2.54. The van der Waals surface area contributed by atoms with Crippen LogP contribution in [-0.4, -0.2) is 42.8 Å². The highest BCUT2D eigenvalue weighted by atomic mass is 35.5. The molecule has 0 radical (unpaired) electrons.